The SMILES string of the molecule is CC(C)C(CN)CC1CSc2ccccc21. The predicted octanol–water partition coefficient (Wildman–Crippen LogP) is 3.50. The van der Waals surface area contributed by atoms with Gasteiger partial charge in [0.2, 0.25) is 0 Å². The topological polar surface area (TPSA) is 26.0 Å². The fraction of sp³-hybridized carbons (Fsp3) is 0.571. The van der Waals surface area contributed by atoms with Crippen LogP contribution < -0.4 is 5.73 Å². The summed E-state index contributed by atoms with van der Waals surface area (Å²) in [4.78, 5) is 1.48. The van der Waals surface area contributed by atoms with E-state index < -0.39 is 0 Å². The Morgan fingerprint density at radius 3 is 2.81 bits per heavy atom. The van der Waals surface area contributed by atoms with Gasteiger partial charge in [-0.1, -0.05) is 32.0 Å². The molecule has 1 aromatic rings. The zero-order valence-electron chi connectivity index (χ0n) is 10.1. The number of hydrogen-bond donors (Lipinski definition) is 1. The Morgan fingerprint density at radius 1 is 1.38 bits per heavy atom. The van der Waals surface area contributed by atoms with E-state index in [9.17, 15) is 0 Å². The maximum absolute atomic E-state index is 5.86. The van der Waals surface area contributed by atoms with Crippen molar-refractivity contribution < 1.29 is 0 Å². The Bertz CT molecular complexity index is 348. The largest absolute Gasteiger partial charge is 0.330 e. The van der Waals surface area contributed by atoms with E-state index in [0.29, 0.717) is 11.8 Å². The minimum Gasteiger partial charge on any atom is -0.330 e. The zero-order chi connectivity index (χ0) is 11.5. The van der Waals surface area contributed by atoms with Crippen LogP contribution in [0.2, 0.25) is 0 Å². The first-order valence-electron chi connectivity index (χ1n) is 6.14. The molecule has 16 heavy (non-hydrogen) atoms. The maximum Gasteiger partial charge on any atom is 0.0107 e. The van der Waals surface area contributed by atoms with E-state index in [1.165, 1.54) is 17.1 Å². The first-order chi connectivity index (χ1) is 7.72. The summed E-state index contributed by atoms with van der Waals surface area (Å²) in [5.41, 5.74) is 7.41. The van der Waals surface area contributed by atoms with Gasteiger partial charge in [-0.05, 0) is 42.3 Å². The summed E-state index contributed by atoms with van der Waals surface area (Å²) in [5.74, 6) is 3.32. The molecule has 0 saturated heterocycles. The summed E-state index contributed by atoms with van der Waals surface area (Å²) < 4.78 is 0. The number of benzene rings is 1. The van der Waals surface area contributed by atoms with E-state index in [1.807, 2.05) is 11.8 Å². The van der Waals surface area contributed by atoms with Crippen molar-refractivity contribution in [3.05, 3.63) is 29.8 Å². The Morgan fingerprint density at radius 2 is 2.12 bits per heavy atom. The standard InChI is InChI=1S/C14H21NS/c1-10(2)11(8-15)7-12-9-16-14-6-4-3-5-13(12)14/h3-6,10-12H,7-9,15H2,1-2H3. The molecule has 2 heteroatoms. The Hall–Kier alpha value is -0.470. The molecule has 0 bridgehead atoms. The highest BCUT2D eigenvalue weighted by atomic mass is 32.2. The number of thioether (sulfide) groups is 1. The van der Waals surface area contributed by atoms with Crippen LogP contribution >= 0.6 is 11.8 Å². The van der Waals surface area contributed by atoms with Gasteiger partial charge in [0.1, 0.15) is 0 Å². The van der Waals surface area contributed by atoms with E-state index in [0.717, 1.165) is 12.5 Å². The zero-order valence-corrected chi connectivity index (χ0v) is 11.0. The molecule has 0 radical (unpaired) electrons. The summed E-state index contributed by atoms with van der Waals surface area (Å²) in [6.07, 6.45) is 1.25. The first kappa shape index (κ1) is 12.0. The highest BCUT2D eigenvalue weighted by Crippen LogP contribution is 2.42. The summed E-state index contributed by atoms with van der Waals surface area (Å²) in [6, 6.07) is 8.82. The molecule has 2 rings (SSSR count). The molecule has 2 unspecified atom stereocenters. The molecule has 0 aliphatic carbocycles. The van der Waals surface area contributed by atoms with Crippen molar-refractivity contribution in [3.63, 3.8) is 0 Å². The van der Waals surface area contributed by atoms with Gasteiger partial charge in [-0.2, -0.15) is 0 Å². The van der Waals surface area contributed by atoms with E-state index >= 15 is 0 Å². The Balaban J connectivity index is 2.08. The van der Waals surface area contributed by atoms with Gasteiger partial charge in [0.15, 0.2) is 0 Å². The van der Waals surface area contributed by atoms with Crippen LogP contribution in [0.1, 0.15) is 31.7 Å². The van der Waals surface area contributed by atoms with Crippen LogP contribution in [-0.2, 0) is 0 Å². The molecule has 88 valence electrons. The molecule has 0 spiro atoms. The van der Waals surface area contributed by atoms with Crippen molar-refractivity contribution in [2.45, 2.75) is 31.1 Å². The van der Waals surface area contributed by atoms with Crippen LogP contribution in [0.25, 0.3) is 0 Å². The minimum atomic E-state index is 0.664. The smallest absolute Gasteiger partial charge is 0.0107 e. The van der Waals surface area contributed by atoms with Gasteiger partial charge < -0.3 is 5.73 Å². The molecule has 0 aromatic heterocycles. The van der Waals surface area contributed by atoms with Crippen LogP contribution in [0.15, 0.2) is 29.2 Å². The number of nitrogens with two attached hydrogens (primary N) is 1. The average molecular weight is 235 g/mol. The average Bonchev–Trinajstić information content (AvgIpc) is 2.69. The lowest BCUT2D eigenvalue weighted by molar-refractivity contribution is 0.349. The Kier molecular flexibility index (Phi) is 3.93. The normalized spacial score (nSPS) is 21.1. The fourth-order valence-electron chi connectivity index (χ4n) is 2.43. The Labute approximate surface area is 103 Å². The summed E-state index contributed by atoms with van der Waals surface area (Å²) in [5, 5.41) is 0. The number of fused-ring (bicyclic) bond motifs is 1. The number of hydrogen-bond acceptors (Lipinski definition) is 2. The molecular formula is C14H21NS. The summed E-state index contributed by atoms with van der Waals surface area (Å²) in [6.45, 7) is 5.39. The van der Waals surface area contributed by atoms with Crippen LogP contribution in [-0.4, -0.2) is 12.3 Å². The van der Waals surface area contributed by atoms with E-state index in [2.05, 4.69) is 38.1 Å². The second kappa shape index (κ2) is 5.24. The lowest BCUT2D eigenvalue weighted by Crippen LogP contribution is -2.22. The maximum atomic E-state index is 5.86. The third kappa shape index (κ3) is 2.44. The third-order valence-corrected chi connectivity index (χ3v) is 4.88. The highest BCUT2D eigenvalue weighted by Gasteiger charge is 2.26. The number of rotatable bonds is 4. The molecule has 2 atom stereocenters. The first-order valence-corrected chi connectivity index (χ1v) is 7.12. The van der Waals surface area contributed by atoms with Gasteiger partial charge in [0.05, 0.1) is 0 Å². The van der Waals surface area contributed by atoms with Gasteiger partial charge in [-0.15, -0.1) is 11.8 Å². The van der Waals surface area contributed by atoms with Gasteiger partial charge in [0.25, 0.3) is 0 Å². The third-order valence-electron chi connectivity index (χ3n) is 3.63. The molecule has 1 aliphatic rings. The quantitative estimate of drug-likeness (QED) is 0.864. The second-order valence-electron chi connectivity index (χ2n) is 5.02. The lowest BCUT2D eigenvalue weighted by Gasteiger charge is -2.22. The molecule has 2 N–H and O–H groups in total. The molecule has 0 saturated carbocycles. The van der Waals surface area contributed by atoms with E-state index in [-0.39, 0.29) is 0 Å². The summed E-state index contributed by atoms with van der Waals surface area (Å²) in [7, 11) is 0. The van der Waals surface area contributed by atoms with Crippen molar-refractivity contribution in [2.75, 3.05) is 12.3 Å². The van der Waals surface area contributed by atoms with Gasteiger partial charge >= 0.3 is 0 Å². The molecule has 1 nitrogen and oxygen atoms in total. The van der Waals surface area contributed by atoms with Gasteiger partial charge in [-0.25, -0.2) is 0 Å². The van der Waals surface area contributed by atoms with Crippen molar-refractivity contribution >= 4 is 11.8 Å². The van der Waals surface area contributed by atoms with Crippen molar-refractivity contribution in [3.8, 4) is 0 Å². The van der Waals surface area contributed by atoms with Gasteiger partial charge in [0, 0.05) is 10.6 Å². The highest BCUT2D eigenvalue weighted by molar-refractivity contribution is 7.99. The molecule has 1 heterocycles. The van der Waals surface area contributed by atoms with Crippen LogP contribution in [0.4, 0.5) is 0 Å². The second-order valence-corrected chi connectivity index (χ2v) is 6.08. The summed E-state index contributed by atoms with van der Waals surface area (Å²) >= 11 is 2.00. The molecular weight excluding hydrogens is 214 g/mol. The van der Waals surface area contributed by atoms with Crippen LogP contribution in [0.5, 0.6) is 0 Å². The minimum absolute atomic E-state index is 0.664. The molecule has 0 fully saturated rings. The fourth-order valence-corrected chi connectivity index (χ4v) is 3.70. The molecule has 0 amide bonds. The monoisotopic (exact) mass is 235 g/mol. The van der Waals surface area contributed by atoms with Crippen LogP contribution in [0.3, 0.4) is 0 Å². The molecule has 1 aromatic carbocycles. The van der Waals surface area contributed by atoms with Crippen LogP contribution in [0, 0.1) is 11.8 Å². The van der Waals surface area contributed by atoms with Crippen molar-refractivity contribution in [2.24, 2.45) is 17.6 Å². The van der Waals surface area contributed by atoms with E-state index in [4.69, 9.17) is 5.73 Å². The van der Waals surface area contributed by atoms with Gasteiger partial charge in [-0.3, -0.25) is 0 Å². The van der Waals surface area contributed by atoms with Crippen molar-refractivity contribution in [1.82, 2.24) is 0 Å². The predicted molar refractivity (Wildman–Crippen MR) is 71.9 cm³/mol. The van der Waals surface area contributed by atoms with E-state index in [1.54, 1.807) is 5.56 Å². The molecule has 1 aliphatic heterocycles. The lowest BCUT2D eigenvalue weighted by atomic mass is 9.84. The van der Waals surface area contributed by atoms with Crippen molar-refractivity contribution in [1.29, 1.82) is 0 Å².